The van der Waals surface area contributed by atoms with E-state index in [-0.39, 0.29) is 70.5 Å². The Balaban J connectivity index is 1.09. The summed E-state index contributed by atoms with van der Waals surface area (Å²) in [6.07, 6.45) is 0.876. The van der Waals surface area contributed by atoms with Gasteiger partial charge in [-0.3, -0.25) is 24.1 Å². The van der Waals surface area contributed by atoms with E-state index in [1.807, 2.05) is 80.6 Å². The van der Waals surface area contributed by atoms with E-state index in [0.29, 0.717) is 17.9 Å². The van der Waals surface area contributed by atoms with Gasteiger partial charge < -0.3 is 20.1 Å². The van der Waals surface area contributed by atoms with Gasteiger partial charge in [0.2, 0.25) is 11.8 Å². The predicted molar refractivity (Wildman–Crippen MR) is 186 cm³/mol. The van der Waals surface area contributed by atoms with E-state index in [2.05, 4.69) is 10.3 Å². The van der Waals surface area contributed by atoms with Crippen LogP contribution in [0.5, 0.6) is 5.75 Å². The number of amides is 3. The van der Waals surface area contributed by atoms with E-state index in [1.165, 1.54) is 0 Å². The van der Waals surface area contributed by atoms with Crippen molar-refractivity contribution in [3.63, 3.8) is 0 Å². The van der Waals surface area contributed by atoms with Gasteiger partial charge in [0.15, 0.2) is 6.61 Å². The molecule has 2 bridgehead atoms. The summed E-state index contributed by atoms with van der Waals surface area (Å²) in [7, 11) is 0. The molecular formula is C37H35N3O7S2. The van der Waals surface area contributed by atoms with Crippen molar-refractivity contribution in [2.45, 2.75) is 48.9 Å². The first-order chi connectivity index (χ1) is 23.6. The van der Waals surface area contributed by atoms with Crippen molar-refractivity contribution in [1.82, 2.24) is 9.88 Å². The highest BCUT2D eigenvalue weighted by Crippen LogP contribution is 2.69. The third-order valence-corrected chi connectivity index (χ3v) is 13.3. The quantitative estimate of drug-likeness (QED) is 0.192. The molecule has 3 aromatic carbocycles. The molecule has 2 saturated carbocycles. The molecule has 8 atom stereocenters. The zero-order valence-electron chi connectivity index (χ0n) is 26.8. The first-order valence-electron chi connectivity index (χ1n) is 16.6. The predicted octanol–water partition coefficient (Wildman–Crippen LogP) is 5.58. The number of para-hydroxylation sites is 1. The van der Waals surface area contributed by atoms with Crippen LogP contribution in [-0.2, 0) is 19.2 Å². The number of aromatic amines is 1. The van der Waals surface area contributed by atoms with Gasteiger partial charge >= 0.3 is 10.8 Å². The van der Waals surface area contributed by atoms with Gasteiger partial charge in [-0.15, -0.1) is 11.8 Å². The summed E-state index contributed by atoms with van der Waals surface area (Å²) in [5.74, 6) is -3.66. The van der Waals surface area contributed by atoms with Gasteiger partial charge in [0.1, 0.15) is 11.8 Å². The van der Waals surface area contributed by atoms with Crippen LogP contribution in [0.1, 0.15) is 43.0 Å². The number of aliphatic carboxylic acids is 1. The Morgan fingerprint density at radius 1 is 0.980 bits per heavy atom. The average Bonchev–Trinajstić information content (AvgIpc) is 3.81. The largest absolute Gasteiger partial charge is 0.483 e. The second kappa shape index (κ2) is 12.2. The zero-order valence-corrected chi connectivity index (χ0v) is 28.5. The lowest BCUT2D eigenvalue weighted by molar-refractivity contribution is -0.156. The number of carbonyl (C=O) groups is 4. The van der Waals surface area contributed by atoms with Crippen LogP contribution in [0.4, 0.5) is 5.69 Å². The highest BCUT2D eigenvalue weighted by Gasteiger charge is 2.70. The molecular weight excluding hydrogens is 663 g/mol. The number of H-pyrrole nitrogens is 1. The van der Waals surface area contributed by atoms with Gasteiger partial charge in [-0.25, -0.2) is 4.79 Å². The number of nitrogens with zero attached hydrogens (tertiary/aromatic N) is 1. The van der Waals surface area contributed by atoms with Crippen LogP contribution in [0.15, 0.2) is 76.6 Å². The summed E-state index contributed by atoms with van der Waals surface area (Å²) < 4.78 is 6.20. The molecule has 3 fully saturated rings. The molecule has 49 heavy (non-hydrogen) atoms. The van der Waals surface area contributed by atoms with Crippen molar-refractivity contribution in [3.8, 4) is 5.75 Å². The van der Waals surface area contributed by atoms with Gasteiger partial charge in [-0.1, -0.05) is 73.7 Å². The van der Waals surface area contributed by atoms with Gasteiger partial charge in [0, 0.05) is 27.3 Å². The number of carbonyl (C=O) groups excluding carboxylic acids is 3. The van der Waals surface area contributed by atoms with Crippen LogP contribution in [0, 0.1) is 35.5 Å². The second-order valence-corrected chi connectivity index (χ2v) is 16.1. The molecule has 10 nitrogen and oxygen atoms in total. The summed E-state index contributed by atoms with van der Waals surface area (Å²) in [6.45, 7) is 3.53. The van der Waals surface area contributed by atoms with Gasteiger partial charge in [0.25, 0.3) is 5.91 Å². The number of nitrogens with one attached hydrogen (secondary N) is 2. The molecule has 1 aromatic heterocycles. The normalized spacial score (nSPS) is 27.2. The molecule has 8 rings (SSSR count). The maximum Gasteiger partial charge on any atom is 0.326 e. The standard InChI is InChI=1S/C37H35N3O7S2/c1-17(2)13-24(36(44)45)40-34(42)29-22-15-23(30(29)35(40)43)31-28(22)27(32-33(48-31)39-37(46)49-32)21-9-5-6-10-25(21)47-16-26(41)38-20-12-11-18-7-3-4-8-19(18)14-20/h3-12,14,17,22-24,27-31H,13,15-16H2,1-2H3,(H,38,41)(H,39,46)(H,44,45)/t22?,23?,24?,27-,28?,29?,30?,31?/m1/s1. The van der Waals surface area contributed by atoms with E-state index in [0.717, 1.165) is 42.5 Å². The summed E-state index contributed by atoms with van der Waals surface area (Å²) in [6, 6.07) is 19.9. The number of aromatic nitrogens is 1. The minimum atomic E-state index is -1.19. The Bertz CT molecular complexity index is 2070. The van der Waals surface area contributed by atoms with Gasteiger partial charge in [-0.2, -0.15) is 0 Å². The van der Waals surface area contributed by atoms with Crippen molar-refractivity contribution in [2.24, 2.45) is 35.5 Å². The molecule has 2 aliphatic heterocycles. The molecule has 0 spiro atoms. The molecule has 252 valence electrons. The first-order valence-corrected chi connectivity index (χ1v) is 18.3. The Kier molecular flexibility index (Phi) is 7.90. The molecule has 7 unspecified atom stereocenters. The van der Waals surface area contributed by atoms with Crippen LogP contribution in [0.25, 0.3) is 10.8 Å². The third-order valence-electron chi connectivity index (χ3n) is 10.7. The fourth-order valence-corrected chi connectivity index (χ4v) is 11.8. The van der Waals surface area contributed by atoms with Gasteiger partial charge in [0.05, 0.1) is 16.9 Å². The van der Waals surface area contributed by atoms with E-state index >= 15 is 0 Å². The third kappa shape index (κ3) is 5.27. The summed E-state index contributed by atoms with van der Waals surface area (Å²) in [5.41, 5.74) is 1.48. The maximum absolute atomic E-state index is 14.1. The number of ether oxygens (including phenoxy) is 1. The van der Waals surface area contributed by atoms with Crippen molar-refractivity contribution >= 4 is 63.2 Å². The molecule has 2 aliphatic carbocycles. The van der Waals surface area contributed by atoms with Crippen molar-refractivity contribution in [2.75, 3.05) is 11.9 Å². The number of likely N-dealkylation sites (tertiary alicyclic amines) is 1. The number of thiazole rings is 1. The molecule has 3 N–H and O–H groups in total. The van der Waals surface area contributed by atoms with E-state index < -0.39 is 23.8 Å². The second-order valence-electron chi connectivity index (χ2n) is 13.9. The van der Waals surface area contributed by atoms with Crippen LogP contribution in [0.2, 0.25) is 0 Å². The van der Waals surface area contributed by atoms with Gasteiger partial charge in [-0.05, 0) is 65.5 Å². The lowest BCUT2D eigenvalue weighted by Gasteiger charge is -2.43. The van der Waals surface area contributed by atoms with E-state index in [4.69, 9.17) is 4.74 Å². The molecule has 1 saturated heterocycles. The summed E-state index contributed by atoms with van der Waals surface area (Å²) >= 11 is 2.71. The molecule has 12 heteroatoms. The van der Waals surface area contributed by atoms with Crippen molar-refractivity contribution in [3.05, 3.63) is 86.8 Å². The number of carboxylic acid groups (broad SMARTS) is 1. The Hall–Kier alpha value is -4.42. The van der Waals surface area contributed by atoms with Crippen molar-refractivity contribution < 1.29 is 29.0 Å². The number of hydrogen-bond acceptors (Lipinski definition) is 8. The minimum Gasteiger partial charge on any atom is -0.483 e. The number of fused-ring (bicyclic) bond motifs is 10. The summed E-state index contributed by atoms with van der Waals surface area (Å²) in [4.78, 5) is 70.9. The highest BCUT2D eigenvalue weighted by molar-refractivity contribution is 8.00. The average molecular weight is 698 g/mol. The molecule has 3 heterocycles. The Morgan fingerprint density at radius 2 is 1.69 bits per heavy atom. The zero-order chi connectivity index (χ0) is 34.1. The molecule has 4 aliphatic rings. The highest BCUT2D eigenvalue weighted by atomic mass is 32.2. The molecule has 0 radical (unpaired) electrons. The maximum atomic E-state index is 14.1. The topological polar surface area (TPSA) is 146 Å². The molecule has 3 amide bonds. The van der Waals surface area contributed by atoms with Crippen LogP contribution in [0.3, 0.4) is 0 Å². The van der Waals surface area contributed by atoms with E-state index in [1.54, 1.807) is 11.8 Å². The number of thioether (sulfide) groups is 1. The van der Waals surface area contributed by atoms with Crippen LogP contribution < -0.4 is 14.9 Å². The lowest BCUT2D eigenvalue weighted by atomic mass is 9.68. The molecule has 4 aromatic rings. The minimum absolute atomic E-state index is 0.0136. The fraction of sp³-hybridized carbons (Fsp3) is 0.378. The number of benzene rings is 3. The number of imide groups is 1. The SMILES string of the molecule is CC(C)CC(C(=O)O)N1C(=O)C2C3CC(C2C1=O)C1C3Sc2[nH]c(=O)sc2[C@@H]1c1ccccc1OCC(=O)Nc1ccc2ccccc2c1. The number of anilines is 1. The lowest BCUT2D eigenvalue weighted by Crippen LogP contribution is -2.47. The monoisotopic (exact) mass is 697 g/mol. The number of carboxylic acids is 1. The van der Waals surface area contributed by atoms with Crippen LogP contribution in [-0.4, -0.2) is 56.6 Å². The Morgan fingerprint density at radius 3 is 2.45 bits per heavy atom. The number of hydrogen-bond donors (Lipinski definition) is 3. The number of rotatable bonds is 9. The van der Waals surface area contributed by atoms with E-state index in [9.17, 15) is 29.1 Å². The fourth-order valence-electron chi connectivity index (χ4n) is 8.93. The first kappa shape index (κ1) is 31.8. The Labute approximate surface area is 290 Å². The van der Waals surface area contributed by atoms with Crippen LogP contribution >= 0.6 is 23.1 Å². The van der Waals surface area contributed by atoms with Crippen molar-refractivity contribution in [1.29, 1.82) is 0 Å². The summed E-state index contributed by atoms with van der Waals surface area (Å²) in [5, 5.41) is 15.8. The smallest absolute Gasteiger partial charge is 0.326 e.